The maximum Gasteiger partial charge on any atom is 0.226 e. The molecule has 0 saturated heterocycles. The van der Waals surface area contributed by atoms with Gasteiger partial charge in [0.2, 0.25) is 5.91 Å². The molecule has 8 heteroatoms. The highest BCUT2D eigenvalue weighted by molar-refractivity contribution is 14.0. The number of nitrogens with zero attached hydrogens (tertiary/aromatic N) is 2. The van der Waals surface area contributed by atoms with Gasteiger partial charge in [-0.15, -0.1) is 24.0 Å². The van der Waals surface area contributed by atoms with Crippen LogP contribution in [0.25, 0.3) is 0 Å². The van der Waals surface area contributed by atoms with Gasteiger partial charge in [0.1, 0.15) is 0 Å². The van der Waals surface area contributed by atoms with E-state index in [4.69, 9.17) is 0 Å². The van der Waals surface area contributed by atoms with Crippen LogP contribution in [0, 0.1) is 0 Å². The van der Waals surface area contributed by atoms with Gasteiger partial charge in [0.05, 0.1) is 12.2 Å². The van der Waals surface area contributed by atoms with Crippen molar-refractivity contribution in [2.24, 2.45) is 4.99 Å². The average Bonchev–Trinajstić information content (AvgIpc) is 2.61. The fourth-order valence-corrected chi connectivity index (χ4v) is 2.21. The first-order valence-electron chi connectivity index (χ1n) is 7.57. The topological polar surface area (TPSA) is 78.4 Å². The number of rotatable bonds is 6. The van der Waals surface area contributed by atoms with E-state index >= 15 is 0 Å². The molecular formula is C17H21BrIN5O. The van der Waals surface area contributed by atoms with Gasteiger partial charge in [0, 0.05) is 36.4 Å². The number of hydrogen-bond acceptors (Lipinski definition) is 3. The third kappa shape index (κ3) is 8.30. The minimum atomic E-state index is -0.0509. The van der Waals surface area contributed by atoms with Crippen molar-refractivity contribution in [3.63, 3.8) is 0 Å². The molecule has 6 nitrogen and oxygen atoms in total. The number of pyridine rings is 1. The largest absolute Gasteiger partial charge is 0.356 e. The van der Waals surface area contributed by atoms with Gasteiger partial charge in [-0.3, -0.25) is 14.8 Å². The zero-order valence-electron chi connectivity index (χ0n) is 13.8. The van der Waals surface area contributed by atoms with Crippen LogP contribution in [0.3, 0.4) is 0 Å². The molecule has 1 aromatic carbocycles. The number of benzene rings is 1. The Morgan fingerprint density at radius 1 is 1.16 bits per heavy atom. The fourth-order valence-electron chi connectivity index (χ4n) is 1.95. The number of amides is 1. The Morgan fingerprint density at radius 2 is 1.92 bits per heavy atom. The van der Waals surface area contributed by atoms with Gasteiger partial charge >= 0.3 is 0 Å². The zero-order chi connectivity index (χ0) is 17.2. The molecule has 0 spiro atoms. The maximum absolute atomic E-state index is 11.9. The van der Waals surface area contributed by atoms with Crippen LogP contribution < -0.4 is 16.0 Å². The molecule has 0 unspecified atom stereocenters. The van der Waals surface area contributed by atoms with E-state index in [-0.39, 0.29) is 29.9 Å². The van der Waals surface area contributed by atoms with E-state index in [0.717, 1.165) is 15.9 Å². The molecule has 0 aliphatic carbocycles. The van der Waals surface area contributed by atoms with Crippen LogP contribution in [0.5, 0.6) is 0 Å². The number of carbonyl (C=O) groups is 1. The Labute approximate surface area is 173 Å². The molecule has 0 atom stereocenters. The molecule has 0 saturated carbocycles. The van der Waals surface area contributed by atoms with Crippen molar-refractivity contribution >= 4 is 57.5 Å². The molecule has 0 aliphatic heterocycles. The molecule has 2 aromatic rings. The van der Waals surface area contributed by atoms with Crippen LogP contribution >= 0.6 is 39.9 Å². The highest BCUT2D eigenvalue weighted by Crippen LogP contribution is 2.14. The summed E-state index contributed by atoms with van der Waals surface area (Å²) in [5, 5.41) is 9.11. The van der Waals surface area contributed by atoms with Gasteiger partial charge in [-0.1, -0.05) is 22.0 Å². The lowest BCUT2D eigenvalue weighted by Crippen LogP contribution is -2.38. The molecular weight excluding hydrogens is 497 g/mol. The summed E-state index contributed by atoms with van der Waals surface area (Å²) >= 11 is 3.36. The highest BCUT2D eigenvalue weighted by atomic mass is 127. The standard InChI is InChI=1S/C17H20BrN5O.HI/c1-19-17(22-12-15-4-2-3-10-20-15)21-11-9-16(24)23-14-7-5-13(18)6-8-14;/h2-8,10H,9,11-12H2,1H3,(H,23,24)(H2,19,21,22);1H. The monoisotopic (exact) mass is 517 g/mol. The van der Waals surface area contributed by atoms with Crippen molar-refractivity contribution in [3.8, 4) is 0 Å². The average molecular weight is 518 g/mol. The third-order valence-electron chi connectivity index (χ3n) is 3.16. The molecule has 25 heavy (non-hydrogen) atoms. The molecule has 134 valence electrons. The maximum atomic E-state index is 11.9. The van der Waals surface area contributed by atoms with Crippen molar-refractivity contribution in [2.45, 2.75) is 13.0 Å². The molecule has 0 fully saturated rings. The van der Waals surface area contributed by atoms with E-state index in [2.05, 4.69) is 41.9 Å². The first-order chi connectivity index (χ1) is 11.7. The predicted octanol–water partition coefficient (Wildman–Crippen LogP) is 3.16. The predicted molar refractivity (Wildman–Crippen MR) is 115 cm³/mol. The van der Waals surface area contributed by atoms with Crippen LogP contribution in [0.1, 0.15) is 12.1 Å². The van der Waals surface area contributed by atoms with Gasteiger partial charge in [-0.05, 0) is 36.4 Å². The number of guanidine groups is 1. The van der Waals surface area contributed by atoms with Gasteiger partial charge in [0.25, 0.3) is 0 Å². The number of aromatic nitrogens is 1. The normalized spacial score (nSPS) is 10.6. The van der Waals surface area contributed by atoms with Crippen LogP contribution in [0.4, 0.5) is 5.69 Å². The number of halogens is 2. The van der Waals surface area contributed by atoms with Crippen LogP contribution in [-0.4, -0.2) is 30.4 Å². The summed E-state index contributed by atoms with van der Waals surface area (Å²) < 4.78 is 0.977. The number of nitrogens with one attached hydrogen (secondary N) is 3. The second-order valence-corrected chi connectivity index (χ2v) is 5.89. The number of aliphatic imine (C=N–C) groups is 1. The van der Waals surface area contributed by atoms with Crippen molar-refractivity contribution in [2.75, 3.05) is 18.9 Å². The number of carbonyl (C=O) groups excluding carboxylic acids is 1. The Hall–Kier alpha value is -1.68. The summed E-state index contributed by atoms with van der Waals surface area (Å²) in [6.07, 6.45) is 2.10. The van der Waals surface area contributed by atoms with Crippen molar-refractivity contribution < 1.29 is 4.79 Å². The molecule has 0 radical (unpaired) electrons. The summed E-state index contributed by atoms with van der Waals surface area (Å²) in [5.74, 6) is 0.585. The number of anilines is 1. The SMILES string of the molecule is CN=C(NCCC(=O)Nc1ccc(Br)cc1)NCc1ccccn1.I. The van der Waals surface area contributed by atoms with Crippen molar-refractivity contribution in [1.82, 2.24) is 15.6 Å². The van der Waals surface area contributed by atoms with Crippen LogP contribution in [0.2, 0.25) is 0 Å². The minimum absolute atomic E-state index is 0. The van der Waals surface area contributed by atoms with E-state index < -0.39 is 0 Å². The molecule has 1 aromatic heterocycles. The highest BCUT2D eigenvalue weighted by Gasteiger charge is 2.04. The summed E-state index contributed by atoms with van der Waals surface area (Å²) in [6.45, 7) is 1.07. The second-order valence-electron chi connectivity index (χ2n) is 4.98. The lowest BCUT2D eigenvalue weighted by Gasteiger charge is -2.11. The first-order valence-corrected chi connectivity index (χ1v) is 8.36. The molecule has 0 aliphatic rings. The van der Waals surface area contributed by atoms with Gasteiger partial charge in [-0.2, -0.15) is 0 Å². The Bertz CT molecular complexity index is 679. The van der Waals surface area contributed by atoms with E-state index in [1.165, 1.54) is 0 Å². The van der Waals surface area contributed by atoms with E-state index in [0.29, 0.717) is 25.5 Å². The molecule has 2 rings (SSSR count). The second kappa shape index (κ2) is 11.8. The smallest absolute Gasteiger partial charge is 0.226 e. The van der Waals surface area contributed by atoms with Gasteiger partial charge in [0.15, 0.2) is 5.96 Å². The van der Waals surface area contributed by atoms with Gasteiger partial charge in [-0.25, -0.2) is 0 Å². The lowest BCUT2D eigenvalue weighted by molar-refractivity contribution is -0.116. The third-order valence-corrected chi connectivity index (χ3v) is 3.69. The molecule has 3 N–H and O–H groups in total. The van der Waals surface area contributed by atoms with E-state index in [9.17, 15) is 4.79 Å². The van der Waals surface area contributed by atoms with Crippen molar-refractivity contribution in [3.05, 3.63) is 58.8 Å². The lowest BCUT2D eigenvalue weighted by atomic mass is 10.3. The van der Waals surface area contributed by atoms with Crippen molar-refractivity contribution in [1.29, 1.82) is 0 Å². The summed E-state index contributed by atoms with van der Waals surface area (Å²) in [5.41, 5.74) is 1.70. The summed E-state index contributed by atoms with van der Waals surface area (Å²) in [4.78, 5) is 20.3. The molecule has 0 bridgehead atoms. The van der Waals surface area contributed by atoms with E-state index in [1.807, 2.05) is 42.5 Å². The van der Waals surface area contributed by atoms with Gasteiger partial charge < -0.3 is 16.0 Å². The zero-order valence-corrected chi connectivity index (χ0v) is 17.7. The Kier molecular flexibility index (Phi) is 10.1. The summed E-state index contributed by atoms with van der Waals surface area (Å²) in [7, 11) is 1.69. The molecule has 1 amide bonds. The van der Waals surface area contributed by atoms with Crippen LogP contribution in [0.15, 0.2) is 58.1 Å². The van der Waals surface area contributed by atoms with Crippen LogP contribution in [-0.2, 0) is 11.3 Å². The number of hydrogen-bond donors (Lipinski definition) is 3. The fraction of sp³-hybridized carbons (Fsp3) is 0.235. The quantitative estimate of drug-likeness (QED) is 0.312. The van der Waals surface area contributed by atoms with E-state index in [1.54, 1.807) is 13.2 Å². The Balaban J connectivity index is 0.00000312. The minimum Gasteiger partial charge on any atom is -0.356 e. The summed E-state index contributed by atoms with van der Waals surface area (Å²) in [6, 6.07) is 13.2. The molecule has 1 heterocycles. The Morgan fingerprint density at radius 3 is 2.56 bits per heavy atom. The first kappa shape index (κ1) is 21.4.